The van der Waals surface area contributed by atoms with E-state index in [0.29, 0.717) is 36.0 Å². The topological polar surface area (TPSA) is 105 Å². The number of nitrogens with two attached hydrogens (primary N) is 1. The Morgan fingerprint density at radius 1 is 1.25 bits per heavy atom. The molecule has 0 radical (unpaired) electrons. The zero-order valence-corrected chi connectivity index (χ0v) is 20.1. The molecule has 1 aliphatic rings. The molecule has 1 unspecified atom stereocenters. The van der Waals surface area contributed by atoms with E-state index >= 15 is 0 Å². The Morgan fingerprint density at radius 2 is 1.94 bits per heavy atom. The first-order valence-corrected chi connectivity index (χ1v) is 11.0. The highest BCUT2D eigenvalue weighted by atomic mass is 19.1. The van der Waals surface area contributed by atoms with Gasteiger partial charge in [-0.1, -0.05) is 12.5 Å². The number of likely N-dealkylation sites (tertiary alicyclic amines) is 1. The smallest absolute Gasteiger partial charge is 0.246 e. The molecule has 9 nitrogen and oxygen atoms in total. The lowest BCUT2D eigenvalue weighted by Gasteiger charge is -2.16. The Hall–Kier alpha value is -4.17. The number of amides is 1. The van der Waals surface area contributed by atoms with Crippen molar-refractivity contribution in [3.8, 4) is 23.3 Å². The minimum Gasteiger partial charge on any atom is -0.493 e. The summed E-state index contributed by atoms with van der Waals surface area (Å²) >= 11 is 0. The van der Waals surface area contributed by atoms with E-state index in [1.807, 2.05) is 0 Å². The van der Waals surface area contributed by atoms with Crippen LogP contribution in [-0.2, 0) is 16.1 Å². The molecule has 1 saturated heterocycles. The van der Waals surface area contributed by atoms with Gasteiger partial charge in [0, 0.05) is 38.0 Å². The molecule has 1 fully saturated rings. The summed E-state index contributed by atoms with van der Waals surface area (Å²) in [6.45, 7) is 4.70. The number of hydrogen-bond acceptors (Lipinski definition) is 7. The molecule has 3 heterocycles. The number of fused-ring (bicyclic) bond motifs is 1. The number of methoxy groups -OCH3 is 3. The SMILES string of the molecule is C=CC(=O)N1CCC(n2nc(C#Cc3c(F)c(OC)cc(OC)c3F)c3c(N)ncc(COC)c32)C1. The average Bonchev–Trinajstić information content (AvgIpc) is 3.51. The summed E-state index contributed by atoms with van der Waals surface area (Å²) in [4.78, 5) is 18.0. The molecular formula is C25H25F2N5O4. The molecule has 1 aromatic carbocycles. The van der Waals surface area contributed by atoms with E-state index in [0.717, 1.165) is 6.07 Å². The summed E-state index contributed by atoms with van der Waals surface area (Å²) in [5.74, 6) is 2.91. The fourth-order valence-corrected chi connectivity index (χ4v) is 4.26. The summed E-state index contributed by atoms with van der Waals surface area (Å²) < 4.78 is 46.8. The second-order valence-corrected chi connectivity index (χ2v) is 8.08. The predicted molar refractivity (Wildman–Crippen MR) is 129 cm³/mol. The van der Waals surface area contributed by atoms with Gasteiger partial charge in [-0.25, -0.2) is 13.8 Å². The van der Waals surface area contributed by atoms with Gasteiger partial charge < -0.3 is 24.8 Å². The van der Waals surface area contributed by atoms with Crippen LogP contribution in [0.4, 0.5) is 14.6 Å². The van der Waals surface area contributed by atoms with Crippen molar-refractivity contribution in [2.24, 2.45) is 0 Å². The first-order valence-electron chi connectivity index (χ1n) is 11.0. The number of ether oxygens (including phenoxy) is 3. The highest BCUT2D eigenvalue weighted by Gasteiger charge is 2.30. The summed E-state index contributed by atoms with van der Waals surface area (Å²) in [5, 5.41) is 5.08. The number of carbonyl (C=O) groups is 1. The van der Waals surface area contributed by atoms with Crippen LogP contribution in [0.5, 0.6) is 11.5 Å². The molecule has 1 amide bonds. The molecule has 3 aromatic rings. The lowest BCUT2D eigenvalue weighted by molar-refractivity contribution is -0.125. The van der Waals surface area contributed by atoms with Crippen molar-refractivity contribution in [3.63, 3.8) is 0 Å². The third-order valence-corrected chi connectivity index (χ3v) is 6.01. The standard InChI is InChI=1S/C25H25F2N5O4/c1-5-20(33)31-9-8-15(12-31)32-24-14(13-34-2)11-29-25(28)21(24)17(30-32)7-6-16-22(26)18(35-3)10-19(36-4)23(16)27/h5,10-11,15H,1,8-9,12-13H2,2-4H3,(H2,28,29). The van der Waals surface area contributed by atoms with Crippen molar-refractivity contribution >= 4 is 22.6 Å². The van der Waals surface area contributed by atoms with Crippen LogP contribution < -0.4 is 15.2 Å². The summed E-state index contributed by atoms with van der Waals surface area (Å²) in [5.41, 5.74) is 7.20. The number of benzene rings is 1. The molecular weight excluding hydrogens is 472 g/mol. The van der Waals surface area contributed by atoms with E-state index in [-0.39, 0.29) is 41.6 Å². The van der Waals surface area contributed by atoms with Crippen LogP contribution in [-0.4, -0.2) is 60.0 Å². The lowest BCUT2D eigenvalue weighted by Crippen LogP contribution is -2.27. The third kappa shape index (κ3) is 4.31. The maximum Gasteiger partial charge on any atom is 0.246 e. The van der Waals surface area contributed by atoms with Crippen molar-refractivity contribution < 1.29 is 27.8 Å². The summed E-state index contributed by atoms with van der Waals surface area (Å²) in [7, 11) is 4.06. The van der Waals surface area contributed by atoms with Crippen LogP contribution in [0.2, 0.25) is 0 Å². The van der Waals surface area contributed by atoms with Gasteiger partial charge in [0.2, 0.25) is 5.91 Å². The molecule has 188 valence electrons. The van der Waals surface area contributed by atoms with Crippen molar-refractivity contribution in [2.45, 2.75) is 19.1 Å². The molecule has 2 aromatic heterocycles. The minimum absolute atomic E-state index is 0.154. The van der Waals surface area contributed by atoms with Crippen molar-refractivity contribution in [3.05, 3.63) is 53.4 Å². The summed E-state index contributed by atoms with van der Waals surface area (Å²) in [6, 6.07) is 0.921. The van der Waals surface area contributed by atoms with Gasteiger partial charge in [-0.05, 0) is 18.4 Å². The summed E-state index contributed by atoms with van der Waals surface area (Å²) in [6.07, 6.45) is 3.49. The Morgan fingerprint density at radius 3 is 2.56 bits per heavy atom. The molecule has 0 bridgehead atoms. The zero-order chi connectivity index (χ0) is 26.0. The number of aromatic nitrogens is 3. The number of halogens is 2. The monoisotopic (exact) mass is 497 g/mol. The van der Waals surface area contributed by atoms with Crippen LogP contribution in [0.15, 0.2) is 24.9 Å². The van der Waals surface area contributed by atoms with Crippen LogP contribution >= 0.6 is 0 Å². The van der Waals surface area contributed by atoms with Gasteiger partial charge in [0.25, 0.3) is 0 Å². The molecule has 1 aliphatic heterocycles. The predicted octanol–water partition coefficient (Wildman–Crippen LogP) is 2.81. The van der Waals surface area contributed by atoms with E-state index < -0.39 is 17.2 Å². The van der Waals surface area contributed by atoms with Crippen LogP contribution in [0, 0.1) is 23.5 Å². The quantitative estimate of drug-likeness (QED) is 0.413. The number of carbonyl (C=O) groups excluding carboxylic acids is 1. The van der Waals surface area contributed by atoms with E-state index in [4.69, 9.17) is 19.9 Å². The Balaban J connectivity index is 1.90. The Labute approximate surface area is 206 Å². The number of rotatable bonds is 6. The molecule has 0 spiro atoms. The second-order valence-electron chi connectivity index (χ2n) is 8.08. The fourth-order valence-electron chi connectivity index (χ4n) is 4.26. The van der Waals surface area contributed by atoms with Gasteiger partial charge in [0.05, 0.1) is 37.8 Å². The molecule has 4 rings (SSSR count). The normalized spacial score (nSPS) is 15.0. The number of hydrogen-bond donors (Lipinski definition) is 1. The van der Waals surface area contributed by atoms with Crippen LogP contribution in [0.3, 0.4) is 0 Å². The van der Waals surface area contributed by atoms with E-state index in [1.165, 1.54) is 20.3 Å². The average molecular weight is 498 g/mol. The highest BCUT2D eigenvalue weighted by Crippen LogP contribution is 2.33. The molecule has 0 saturated carbocycles. The Bertz CT molecular complexity index is 1380. The molecule has 1 atom stereocenters. The van der Waals surface area contributed by atoms with Gasteiger partial charge >= 0.3 is 0 Å². The van der Waals surface area contributed by atoms with E-state index in [2.05, 4.69) is 28.5 Å². The van der Waals surface area contributed by atoms with Gasteiger partial charge in [-0.15, -0.1) is 0 Å². The number of nitrogen functional groups attached to an aromatic ring is 1. The van der Waals surface area contributed by atoms with Gasteiger partial charge in [0.15, 0.2) is 23.1 Å². The molecule has 36 heavy (non-hydrogen) atoms. The fraction of sp³-hybridized carbons (Fsp3) is 0.320. The van der Waals surface area contributed by atoms with Gasteiger partial charge in [-0.3, -0.25) is 9.48 Å². The lowest BCUT2D eigenvalue weighted by atomic mass is 10.1. The molecule has 11 heteroatoms. The van der Waals surface area contributed by atoms with Gasteiger partial charge in [-0.2, -0.15) is 5.10 Å². The maximum absolute atomic E-state index is 14.9. The molecule has 0 aliphatic carbocycles. The van der Waals surface area contributed by atoms with Gasteiger partial charge in [0.1, 0.15) is 17.1 Å². The number of anilines is 1. The van der Waals surface area contributed by atoms with E-state index in [9.17, 15) is 13.6 Å². The van der Waals surface area contributed by atoms with Crippen molar-refractivity contribution in [1.82, 2.24) is 19.7 Å². The van der Waals surface area contributed by atoms with Crippen LogP contribution in [0.25, 0.3) is 10.9 Å². The Kier molecular flexibility index (Phi) is 7.07. The van der Waals surface area contributed by atoms with E-state index in [1.54, 1.807) is 22.9 Å². The maximum atomic E-state index is 14.9. The van der Waals surface area contributed by atoms with Crippen molar-refractivity contribution in [2.75, 3.05) is 40.2 Å². The third-order valence-electron chi connectivity index (χ3n) is 6.01. The largest absolute Gasteiger partial charge is 0.493 e. The number of nitrogens with zero attached hydrogens (tertiary/aromatic N) is 4. The second kappa shape index (κ2) is 10.2. The molecule has 2 N–H and O–H groups in total. The first kappa shape index (κ1) is 24.9. The highest BCUT2D eigenvalue weighted by molar-refractivity contribution is 5.95. The van der Waals surface area contributed by atoms with Crippen LogP contribution in [0.1, 0.15) is 29.3 Å². The first-order chi connectivity index (χ1) is 17.3. The van der Waals surface area contributed by atoms with Crippen molar-refractivity contribution in [1.29, 1.82) is 0 Å². The zero-order valence-electron chi connectivity index (χ0n) is 20.1. The minimum atomic E-state index is -0.965. The number of pyridine rings is 1.